The van der Waals surface area contributed by atoms with Gasteiger partial charge < -0.3 is 4.74 Å². The quantitative estimate of drug-likeness (QED) is 0.345. The third-order valence-corrected chi connectivity index (χ3v) is 3.43. The molecule has 0 atom stereocenters. The van der Waals surface area contributed by atoms with Crippen LogP contribution in [0.4, 0.5) is 5.69 Å². The maximum Gasteiger partial charge on any atom is 0.311 e. The van der Waals surface area contributed by atoms with E-state index in [4.69, 9.17) is 4.74 Å². The predicted octanol–water partition coefficient (Wildman–Crippen LogP) is 4.26. The van der Waals surface area contributed by atoms with Crippen LogP contribution in [0.2, 0.25) is 0 Å². The van der Waals surface area contributed by atoms with Gasteiger partial charge in [-0.1, -0.05) is 40.2 Å². The minimum Gasteiger partial charge on any atom is -0.490 e. The first-order chi connectivity index (χ1) is 10.5. The minimum atomic E-state index is -0.522. The summed E-state index contributed by atoms with van der Waals surface area (Å²) in [6.45, 7) is 0. The molecule has 0 radical (unpaired) electrons. The number of nitro groups is 1. The van der Waals surface area contributed by atoms with E-state index in [0.717, 1.165) is 4.47 Å². The number of hydrogen-bond acceptors (Lipinski definition) is 4. The number of benzene rings is 2. The van der Waals surface area contributed by atoms with Gasteiger partial charge in [-0.05, 0) is 29.8 Å². The molecule has 0 N–H and O–H groups in total. The number of ketones is 1. The van der Waals surface area contributed by atoms with Crippen LogP contribution in [0, 0.1) is 10.1 Å². The topological polar surface area (TPSA) is 69.4 Å². The van der Waals surface area contributed by atoms with Gasteiger partial charge in [0, 0.05) is 16.1 Å². The SMILES string of the molecule is COc1ccc(/C=C/C(=O)c2cccc(Br)c2)cc1[N+](=O)[O-]. The Morgan fingerprint density at radius 2 is 2.05 bits per heavy atom. The summed E-state index contributed by atoms with van der Waals surface area (Å²) >= 11 is 3.30. The maximum absolute atomic E-state index is 12.0. The molecule has 0 fully saturated rings. The van der Waals surface area contributed by atoms with Crippen molar-refractivity contribution in [3.8, 4) is 5.75 Å². The smallest absolute Gasteiger partial charge is 0.311 e. The fourth-order valence-electron chi connectivity index (χ4n) is 1.86. The van der Waals surface area contributed by atoms with Gasteiger partial charge in [-0.2, -0.15) is 0 Å². The molecule has 112 valence electrons. The highest BCUT2D eigenvalue weighted by Gasteiger charge is 2.14. The number of halogens is 1. The maximum atomic E-state index is 12.0. The van der Waals surface area contributed by atoms with Gasteiger partial charge in [0.15, 0.2) is 11.5 Å². The summed E-state index contributed by atoms with van der Waals surface area (Å²) in [5.74, 6) is 0.000220. The van der Waals surface area contributed by atoms with Crippen molar-refractivity contribution in [2.45, 2.75) is 0 Å². The lowest BCUT2D eigenvalue weighted by Crippen LogP contribution is -1.95. The second-order valence-corrected chi connectivity index (χ2v) is 5.31. The van der Waals surface area contributed by atoms with Gasteiger partial charge in [0.1, 0.15) is 0 Å². The van der Waals surface area contributed by atoms with Crippen LogP contribution in [0.1, 0.15) is 15.9 Å². The number of methoxy groups -OCH3 is 1. The number of nitro benzene ring substituents is 1. The van der Waals surface area contributed by atoms with Crippen LogP contribution in [0.25, 0.3) is 6.08 Å². The minimum absolute atomic E-state index is 0.139. The lowest BCUT2D eigenvalue weighted by atomic mass is 10.1. The Hall–Kier alpha value is -2.47. The molecule has 0 saturated carbocycles. The van der Waals surface area contributed by atoms with Gasteiger partial charge in [-0.25, -0.2) is 0 Å². The summed E-state index contributed by atoms with van der Waals surface area (Å²) in [7, 11) is 1.37. The van der Waals surface area contributed by atoms with Crippen LogP contribution in [-0.2, 0) is 0 Å². The molecule has 0 amide bonds. The number of hydrogen-bond donors (Lipinski definition) is 0. The standard InChI is InChI=1S/C16H12BrNO4/c1-22-16-8-6-11(9-14(16)18(20)21)5-7-15(19)12-3-2-4-13(17)10-12/h2-10H,1H3/b7-5+. The molecule has 0 heterocycles. The molecule has 2 rings (SSSR count). The lowest BCUT2D eigenvalue weighted by Gasteiger charge is -2.02. The Morgan fingerprint density at radius 1 is 1.27 bits per heavy atom. The molecular weight excluding hydrogens is 350 g/mol. The van der Waals surface area contributed by atoms with Gasteiger partial charge in [0.05, 0.1) is 12.0 Å². The summed E-state index contributed by atoms with van der Waals surface area (Å²) in [5, 5.41) is 11.0. The van der Waals surface area contributed by atoms with E-state index < -0.39 is 4.92 Å². The molecule has 6 heteroatoms. The van der Waals surface area contributed by atoms with E-state index in [-0.39, 0.29) is 17.2 Å². The molecular formula is C16H12BrNO4. The van der Waals surface area contributed by atoms with E-state index in [1.54, 1.807) is 24.3 Å². The molecule has 22 heavy (non-hydrogen) atoms. The van der Waals surface area contributed by atoms with Crippen molar-refractivity contribution < 1.29 is 14.5 Å². The van der Waals surface area contributed by atoms with Crippen LogP contribution in [0.5, 0.6) is 5.75 Å². The molecule has 0 aliphatic heterocycles. The lowest BCUT2D eigenvalue weighted by molar-refractivity contribution is -0.385. The Kier molecular flexibility index (Phi) is 5.06. The van der Waals surface area contributed by atoms with Gasteiger partial charge in [0.25, 0.3) is 0 Å². The van der Waals surface area contributed by atoms with Gasteiger partial charge in [-0.15, -0.1) is 0 Å². The third-order valence-electron chi connectivity index (χ3n) is 2.94. The summed E-state index contributed by atoms with van der Waals surface area (Å²) in [6.07, 6.45) is 2.92. The molecule has 0 unspecified atom stereocenters. The zero-order valence-electron chi connectivity index (χ0n) is 11.7. The molecule has 0 aromatic heterocycles. The average molecular weight is 362 g/mol. The van der Waals surface area contributed by atoms with E-state index in [1.807, 2.05) is 6.07 Å². The zero-order chi connectivity index (χ0) is 16.1. The zero-order valence-corrected chi connectivity index (χ0v) is 13.2. The normalized spacial score (nSPS) is 10.6. The van der Waals surface area contributed by atoms with Crippen molar-refractivity contribution in [1.29, 1.82) is 0 Å². The fourth-order valence-corrected chi connectivity index (χ4v) is 2.26. The number of allylic oxidation sites excluding steroid dienone is 1. The number of ether oxygens (including phenoxy) is 1. The van der Waals surface area contributed by atoms with E-state index >= 15 is 0 Å². The van der Waals surface area contributed by atoms with E-state index in [2.05, 4.69) is 15.9 Å². The second-order valence-electron chi connectivity index (χ2n) is 4.40. The van der Waals surface area contributed by atoms with Crippen molar-refractivity contribution >= 4 is 33.5 Å². The first-order valence-electron chi connectivity index (χ1n) is 6.31. The van der Waals surface area contributed by atoms with Crippen LogP contribution in [0.15, 0.2) is 53.0 Å². The molecule has 0 spiro atoms. The van der Waals surface area contributed by atoms with Gasteiger partial charge >= 0.3 is 5.69 Å². The summed E-state index contributed by atoms with van der Waals surface area (Å²) in [6, 6.07) is 11.5. The summed E-state index contributed by atoms with van der Waals surface area (Å²) in [5.41, 5.74) is 0.948. The van der Waals surface area contributed by atoms with Gasteiger partial charge in [0.2, 0.25) is 0 Å². The third kappa shape index (κ3) is 3.79. The first-order valence-corrected chi connectivity index (χ1v) is 7.11. The number of carbonyl (C=O) groups is 1. The van der Waals surface area contributed by atoms with Crippen molar-refractivity contribution in [2.75, 3.05) is 7.11 Å². The highest BCUT2D eigenvalue weighted by atomic mass is 79.9. The fraction of sp³-hybridized carbons (Fsp3) is 0.0625. The Bertz CT molecular complexity index is 756. The molecule has 5 nitrogen and oxygen atoms in total. The molecule has 0 aliphatic carbocycles. The van der Waals surface area contributed by atoms with Crippen LogP contribution in [-0.4, -0.2) is 17.8 Å². The van der Waals surface area contributed by atoms with Crippen molar-refractivity contribution in [1.82, 2.24) is 0 Å². The average Bonchev–Trinajstić information content (AvgIpc) is 2.52. The molecule has 2 aromatic rings. The summed E-state index contributed by atoms with van der Waals surface area (Å²) in [4.78, 5) is 22.5. The van der Waals surface area contributed by atoms with Crippen LogP contribution < -0.4 is 4.74 Å². The molecule has 2 aromatic carbocycles. The van der Waals surface area contributed by atoms with Crippen molar-refractivity contribution in [3.05, 3.63) is 74.3 Å². The molecule has 0 bridgehead atoms. The summed E-state index contributed by atoms with van der Waals surface area (Å²) < 4.78 is 5.74. The monoisotopic (exact) mass is 361 g/mol. The molecule has 0 saturated heterocycles. The predicted molar refractivity (Wildman–Crippen MR) is 87.2 cm³/mol. The number of nitrogens with zero attached hydrogens (tertiary/aromatic N) is 1. The number of rotatable bonds is 5. The largest absolute Gasteiger partial charge is 0.490 e. The van der Waals surface area contributed by atoms with E-state index in [1.165, 1.54) is 31.4 Å². The molecule has 0 aliphatic rings. The Morgan fingerprint density at radius 3 is 2.68 bits per heavy atom. The van der Waals surface area contributed by atoms with Crippen LogP contribution >= 0.6 is 15.9 Å². The van der Waals surface area contributed by atoms with Crippen molar-refractivity contribution in [3.63, 3.8) is 0 Å². The van der Waals surface area contributed by atoms with Crippen LogP contribution in [0.3, 0.4) is 0 Å². The highest BCUT2D eigenvalue weighted by Crippen LogP contribution is 2.28. The second kappa shape index (κ2) is 7.00. The number of carbonyl (C=O) groups excluding carboxylic acids is 1. The Balaban J connectivity index is 2.25. The van der Waals surface area contributed by atoms with E-state index in [9.17, 15) is 14.9 Å². The first kappa shape index (κ1) is 15.9. The Labute approximate surface area is 135 Å². The van der Waals surface area contributed by atoms with E-state index in [0.29, 0.717) is 11.1 Å². The van der Waals surface area contributed by atoms with Crippen molar-refractivity contribution in [2.24, 2.45) is 0 Å². The highest BCUT2D eigenvalue weighted by molar-refractivity contribution is 9.10. The van der Waals surface area contributed by atoms with Gasteiger partial charge in [-0.3, -0.25) is 14.9 Å².